The van der Waals surface area contributed by atoms with Crippen LogP contribution in [0.5, 0.6) is 11.5 Å². The third-order valence-electron chi connectivity index (χ3n) is 6.29. The highest BCUT2D eigenvalue weighted by atomic mass is 16.5. The smallest absolute Gasteiger partial charge is 0.257 e. The van der Waals surface area contributed by atoms with E-state index in [0.717, 1.165) is 32.5 Å². The second kappa shape index (κ2) is 9.02. The van der Waals surface area contributed by atoms with Crippen molar-refractivity contribution in [1.82, 2.24) is 14.8 Å². The molecule has 0 N–H and O–H groups in total. The lowest BCUT2D eigenvalue weighted by molar-refractivity contribution is -0.115. The summed E-state index contributed by atoms with van der Waals surface area (Å²) in [6, 6.07) is 10.1. The molecule has 7 heteroatoms. The van der Waals surface area contributed by atoms with Crippen LogP contribution in [-0.4, -0.2) is 73.8 Å². The Morgan fingerprint density at radius 1 is 1.10 bits per heavy atom. The summed E-state index contributed by atoms with van der Waals surface area (Å²) in [4.78, 5) is 21.8. The fourth-order valence-corrected chi connectivity index (χ4v) is 4.58. The van der Waals surface area contributed by atoms with E-state index in [4.69, 9.17) is 14.2 Å². The highest BCUT2D eigenvalue weighted by Gasteiger charge is 2.44. The number of aromatic nitrogens is 1. The minimum absolute atomic E-state index is 0.00939. The van der Waals surface area contributed by atoms with E-state index in [-0.39, 0.29) is 18.1 Å². The number of amides is 1. The Hall–Kier alpha value is -2.64. The van der Waals surface area contributed by atoms with Gasteiger partial charge in [-0.3, -0.25) is 14.7 Å². The number of hydrogen-bond donors (Lipinski definition) is 0. The first-order valence-electron chi connectivity index (χ1n) is 10.4. The van der Waals surface area contributed by atoms with Crippen LogP contribution in [0.15, 0.2) is 42.7 Å². The molecule has 1 aromatic carbocycles. The molecule has 2 fully saturated rings. The fraction of sp³-hybridized carbons (Fsp3) is 0.478. The molecule has 1 aromatic heterocycles. The van der Waals surface area contributed by atoms with Crippen LogP contribution in [0.4, 0.5) is 0 Å². The molecule has 2 aliphatic rings. The highest BCUT2D eigenvalue weighted by Crippen LogP contribution is 2.39. The average Bonchev–Trinajstić information content (AvgIpc) is 2.79. The van der Waals surface area contributed by atoms with E-state index in [1.54, 1.807) is 45.7 Å². The summed E-state index contributed by atoms with van der Waals surface area (Å²) in [5, 5.41) is 0. The maximum atomic E-state index is 13.1. The van der Waals surface area contributed by atoms with Crippen LogP contribution >= 0.6 is 0 Å². The minimum Gasteiger partial charge on any atom is -0.497 e. The number of ether oxygens (including phenoxy) is 3. The zero-order valence-electron chi connectivity index (χ0n) is 17.8. The van der Waals surface area contributed by atoms with Crippen molar-refractivity contribution in [1.29, 1.82) is 0 Å². The Kier molecular flexibility index (Phi) is 6.20. The summed E-state index contributed by atoms with van der Waals surface area (Å²) in [6.07, 6.45) is 5.80. The molecule has 0 spiro atoms. The van der Waals surface area contributed by atoms with Crippen LogP contribution in [0.2, 0.25) is 0 Å². The number of carbonyl (C=O) groups is 1. The first-order chi connectivity index (χ1) is 14.7. The van der Waals surface area contributed by atoms with Crippen LogP contribution in [0.3, 0.4) is 0 Å². The van der Waals surface area contributed by atoms with Crippen molar-refractivity contribution < 1.29 is 19.0 Å². The maximum Gasteiger partial charge on any atom is 0.257 e. The zero-order valence-corrected chi connectivity index (χ0v) is 17.8. The van der Waals surface area contributed by atoms with Crippen molar-refractivity contribution in [3.63, 3.8) is 0 Å². The second-order valence-corrected chi connectivity index (χ2v) is 7.79. The number of hydrogen-bond acceptors (Lipinski definition) is 6. The summed E-state index contributed by atoms with van der Waals surface area (Å²) < 4.78 is 16.3. The van der Waals surface area contributed by atoms with Crippen LogP contribution in [0.25, 0.3) is 0 Å². The number of likely N-dealkylation sites (tertiary alicyclic amines) is 2. The van der Waals surface area contributed by atoms with Gasteiger partial charge in [-0.05, 0) is 36.6 Å². The SMILES string of the molecule is COc1ccc(C(=O)N2CCC(N3C[C@H](OC)[C@@H]3c3cccnc3)CC2)c(OC)c1. The van der Waals surface area contributed by atoms with Gasteiger partial charge in [-0.1, -0.05) is 6.07 Å². The van der Waals surface area contributed by atoms with E-state index in [1.165, 1.54) is 5.56 Å². The molecular weight excluding hydrogens is 382 g/mol. The Balaban J connectivity index is 1.41. The molecular formula is C23H29N3O4. The van der Waals surface area contributed by atoms with E-state index in [0.29, 0.717) is 23.1 Å². The third kappa shape index (κ3) is 3.87. The molecule has 3 heterocycles. The largest absolute Gasteiger partial charge is 0.497 e. The van der Waals surface area contributed by atoms with Gasteiger partial charge in [0.2, 0.25) is 0 Å². The Morgan fingerprint density at radius 3 is 2.53 bits per heavy atom. The molecule has 0 aliphatic carbocycles. The Labute approximate surface area is 177 Å². The average molecular weight is 412 g/mol. The van der Waals surface area contributed by atoms with Crippen molar-refractivity contribution in [3.8, 4) is 11.5 Å². The monoisotopic (exact) mass is 411 g/mol. The van der Waals surface area contributed by atoms with E-state index in [9.17, 15) is 4.79 Å². The molecule has 2 aliphatic heterocycles. The van der Waals surface area contributed by atoms with E-state index in [2.05, 4.69) is 16.0 Å². The van der Waals surface area contributed by atoms with Gasteiger partial charge in [0.1, 0.15) is 11.5 Å². The molecule has 1 amide bonds. The number of rotatable bonds is 6. The van der Waals surface area contributed by atoms with Gasteiger partial charge >= 0.3 is 0 Å². The molecule has 0 saturated carbocycles. The van der Waals surface area contributed by atoms with Crippen LogP contribution in [0, 0.1) is 0 Å². The predicted molar refractivity (Wildman–Crippen MR) is 113 cm³/mol. The molecule has 4 rings (SSSR count). The van der Waals surface area contributed by atoms with Gasteiger partial charge in [0.15, 0.2) is 0 Å². The number of nitrogens with zero attached hydrogens (tertiary/aromatic N) is 3. The van der Waals surface area contributed by atoms with Gasteiger partial charge in [-0.25, -0.2) is 0 Å². The molecule has 160 valence electrons. The molecule has 30 heavy (non-hydrogen) atoms. The lowest BCUT2D eigenvalue weighted by Crippen LogP contribution is -2.60. The molecule has 0 unspecified atom stereocenters. The van der Waals surface area contributed by atoms with E-state index in [1.807, 2.05) is 17.2 Å². The summed E-state index contributed by atoms with van der Waals surface area (Å²) in [7, 11) is 4.95. The maximum absolute atomic E-state index is 13.1. The van der Waals surface area contributed by atoms with Crippen molar-refractivity contribution in [2.45, 2.75) is 31.0 Å². The first kappa shape index (κ1) is 20.6. The molecule has 0 bridgehead atoms. The third-order valence-corrected chi connectivity index (χ3v) is 6.29. The number of carbonyl (C=O) groups excluding carboxylic acids is 1. The van der Waals surface area contributed by atoms with Gasteiger partial charge in [-0.15, -0.1) is 0 Å². The van der Waals surface area contributed by atoms with Gasteiger partial charge in [0, 0.05) is 51.2 Å². The molecule has 7 nitrogen and oxygen atoms in total. The molecule has 0 radical (unpaired) electrons. The van der Waals surface area contributed by atoms with Gasteiger partial charge in [0.25, 0.3) is 5.91 Å². The molecule has 2 aromatic rings. The summed E-state index contributed by atoms with van der Waals surface area (Å²) >= 11 is 0. The highest BCUT2D eigenvalue weighted by molar-refractivity contribution is 5.97. The first-order valence-corrected chi connectivity index (χ1v) is 10.4. The molecule has 2 saturated heterocycles. The lowest BCUT2D eigenvalue weighted by Gasteiger charge is -2.52. The van der Waals surface area contributed by atoms with Crippen LogP contribution in [0.1, 0.15) is 34.8 Å². The number of pyridine rings is 1. The zero-order chi connectivity index (χ0) is 21.1. The quantitative estimate of drug-likeness (QED) is 0.728. The molecule has 2 atom stereocenters. The van der Waals surface area contributed by atoms with Gasteiger partial charge < -0.3 is 19.1 Å². The summed E-state index contributed by atoms with van der Waals surface area (Å²) in [6.45, 7) is 2.38. The topological polar surface area (TPSA) is 64.1 Å². The number of methoxy groups -OCH3 is 3. The van der Waals surface area contributed by atoms with Crippen LogP contribution < -0.4 is 9.47 Å². The van der Waals surface area contributed by atoms with E-state index >= 15 is 0 Å². The van der Waals surface area contributed by atoms with Crippen LogP contribution in [-0.2, 0) is 4.74 Å². The fourth-order valence-electron chi connectivity index (χ4n) is 4.58. The number of benzene rings is 1. The Morgan fingerprint density at radius 2 is 1.90 bits per heavy atom. The Bertz CT molecular complexity index is 868. The normalized spacial score (nSPS) is 22.4. The van der Waals surface area contributed by atoms with Gasteiger partial charge in [-0.2, -0.15) is 0 Å². The summed E-state index contributed by atoms with van der Waals surface area (Å²) in [5.41, 5.74) is 1.77. The second-order valence-electron chi connectivity index (χ2n) is 7.79. The lowest BCUT2D eigenvalue weighted by atomic mass is 9.87. The van der Waals surface area contributed by atoms with E-state index < -0.39 is 0 Å². The van der Waals surface area contributed by atoms with Crippen molar-refractivity contribution >= 4 is 5.91 Å². The van der Waals surface area contributed by atoms with Gasteiger partial charge in [0.05, 0.1) is 31.9 Å². The minimum atomic E-state index is 0.00939. The van der Waals surface area contributed by atoms with Crippen molar-refractivity contribution in [3.05, 3.63) is 53.9 Å². The van der Waals surface area contributed by atoms with Crippen molar-refractivity contribution in [2.75, 3.05) is 41.0 Å². The predicted octanol–water partition coefficient (Wildman–Crippen LogP) is 2.78. The summed E-state index contributed by atoms with van der Waals surface area (Å²) in [5.74, 6) is 1.23. The van der Waals surface area contributed by atoms with Crippen molar-refractivity contribution in [2.24, 2.45) is 0 Å². The standard InChI is InChI=1S/C23H29N3O4/c1-28-18-6-7-19(20(13-18)29-2)23(27)25-11-8-17(9-12-25)26-15-21(30-3)22(26)16-5-4-10-24-14-16/h4-7,10,13-14,17,21-22H,8-9,11-12,15H2,1-3H3/t21-,22-/m0/s1. The number of piperidine rings is 1.